The average Bonchev–Trinajstić information content (AvgIpc) is 2.38. The molecule has 20 heavy (non-hydrogen) atoms. The average molecular weight is 355 g/mol. The summed E-state index contributed by atoms with van der Waals surface area (Å²) in [6, 6.07) is 11.7. The van der Waals surface area contributed by atoms with E-state index in [1.54, 1.807) is 7.11 Å². The number of hydrogen-bond donors (Lipinski definition) is 1. The third-order valence-corrected chi connectivity index (χ3v) is 4.06. The number of halogens is 2. The quantitative estimate of drug-likeness (QED) is 0.866. The van der Waals surface area contributed by atoms with Gasteiger partial charge in [-0.1, -0.05) is 39.7 Å². The largest absolute Gasteiger partial charge is 0.496 e. The molecular weight excluding hydrogens is 338 g/mol. The maximum Gasteiger partial charge on any atom is 0.122 e. The molecule has 106 valence electrons. The lowest BCUT2D eigenvalue weighted by atomic mass is 9.98. The molecule has 0 amide bonds. The topological polar surface area (TPSA) is 35.2 Å². The predicted octanol–water partition coefficient (Wildman–Crippen LogP) is 4.66. The Hall–Kier alpha value is -1.03. The summed E-state index contributed by atoms with van der Waals surface area (Å²) in [5.74, 6) is 0.840. The molecule has 0 aromatic heterocycles. The Morgan fingerprint density at radius 3 is 2.65 bits per heavy atom. The van der Waals surface area contributed by atoms with Crippen LogP contribution < -0.4 is 10.5 Å². The first-order valence-electron chi connectivity index (χ1n) is 6.35. The summed E-state index contributed by atoms with van der Waals surface area (Å²) in [5, 5.41) is 0.714. The Bertz CT molecular complexity index is 615. The van der Waals surface area contributed by atoms with Gasteiger partial charge in [-0.3, -0.25) is 0 Å². The molecule has 0 aliphatic rings. The maximum atomic E-state index is 6.30. The Labute approximate surface area is 133 Å². The van der Waals surface area contributed by atoms with Gasteiger partial charge in [0.1, 0.15) is 5.75 Å². The Balaban J connectivity index is 2.27. The van der Waals surface area contributed by atoms with E-state index in [-0.39, 0.29) is 6.04 Å². The van der Waals surface area contributed by atoms with Crippen LogP contribution in [-0.2, 0) is 6.42 Å². The van der Waals surface area contributed by atoms with Gasteiger partial charge in [0.2, 0.25) is 0 Å². The lowest BCUT2D eigenvalue weighted by Crippen LogP contribution is -2.14. The highest BCUT2D eigenvalue weighted by Crippen LogP contribution is 2.30. The first-order chi connectivity index (χ1) is 9.51. The van der Waals surface area contributed by atoms with Crippen LogP contribution in [0.4, 0.5) is 0 Å². The van der Waals surface area contributed by atoms with Gasteiger partial charge in [0.05, 0.1) is 7.11 Å². The Kier molecular flexibility index (Phi) is 5.08. The van der Waals surface area contributed by atoms with E-state index < -0.39 is 0 Å². The van der Waals surface area contributed by atoms with Gasteiger partial charge < -0.3 is 10.5 Å². The van der Waals surface area contributed by atoms with Crippen LogP contribution in [0.25, 0.3) is 0 Å². The summed E-state index contributed by atoms with van der Waals surface area (Å²) in [4.78, 5) is 0. The van der Waals surface area contributed by atoms with Gasteiger partial charge in [-0.15, -0.1) is 0 Å². The van der Waals surface area contributed by atoms with E-state index in [9.17, 15) is 0 Å². The minimum Gasteiger partial charge on any atom is -0.496 e. The highest BCUT2D eigenvalue weighted by atomic mass is 79.9. The van der Waals surface area contributed by atoms with Crippen LogP contribution in [0.3, 0.4) is 0 Å². The highest BCUT2D eigenvalue weighted by Gasteiger charge is 2.14. The number of ether oxygens (including phenoxy) is 1. The Morgan fingerprint density at radius 2 is 2.00 bits per heavy atom. The summed E-state index contributed by atoms with van der Waals surface area (Å²) >= 11 is 9.75. The molecule has 0 aliphatic carbocycles. The minimum atomic E-state index is -0.161. The standard InChI is InChI=1S/C16H17BrClNO/c1-10-3-5-13(14(18)7-10)15(19)9-11-8-12(17)4-6-16(11)20-2/h3-8,15H,9,19H2,1-2H3. The molecular formula is C16H17BrClNO. The van der Waals surface area contributed by atoms with Crippen LogP contribution >= 0.6 is 27.5 Å². The van der Waals surface area contributed by atoms with Gasteiger partial charge in [0, 0.05) is 15.5 Å². The predicted molar refractivity (Wildman–Crippen MR) is 87.5 cm³/mol. The third-order valence-electron chi connectivity index (χ3n) is 3.24. The molecule has 1 atom stereocenters. The molecule has 0 fully saturated rings. The number of methoxy groups -OCH3 is 1. The number of nitrogens with two attached hydrogens (primary N) is 1. The van der Waals surface area contributed by atoms with Crippen LogP contribution in [-0.4, -0.2) is 7.11 Å². The van der Waals surface area contributed by atoms with Crippen molar-refractivity contribution in [1.82, 2.24) is 0 Å². The second-order valence-electron chi connectivity index (χ2n) is 4.79. The molecule has 2 aromatic rings. The number of aryl methyl sites for hydroxylation is 1. The van der Waals surface area contributed by atoms with E-state index in [1.165, 1.54) is 0 Å². The molecule has 0 heterocycles. The molecule has 2 rings (SSSR count). The van der Waals surface area contributed by atoms with Gasteiger partial charge in [-0.25, -0.2) is 0 Å². The zero-order valence-electron chi connectivity index (χ0n) is 11.5. The van der Waals surface area contributed by atoms with Crippen LogP contribution in [0.5, 0.6) is 5.75 Å². The molecule has 0 bridgehead atoms. The van der Waals surface area contributed by atoms with Crippen LogP contribution in [0.1, 0.15) is 22.7 Å². The fourth-order valence-corrected chi connectivity index (χ4v) is 2.97. The third kappa shape index (κ3) is 3.54. The smallest absolute Gasteiger partial charge is 0.122 e. The van der Waals surface area contributed by atoms with Crippen molar-refractivity contribution in [3.05, 3.63) is 62.6 Å². The normalized spacial score (nSPS) is 12.2. The van der Waals surface area contributed by atoms with Crippen molar-refractivity contribution in [2.75, 3.05) is 7.11 Å². The molecule has 2 aromatic carbocycles. The molecule has 0 spiro atoms. The molecule has 0 radical (unpaired) electrons. The number of hydrogen-bond acceptors (Lipinski definition) is 2. The van der Waals surface area contributed by atoms with Crippen molar-refractivity contribution in [3.63, 3.8) is 0 Å². The molecule has 2 nitrogen and oxygen atoms in total. The van der Waals surface area contributed by atoms with E-state index in [0.29, 0.717) is 11.4 Å². The fourth-order valence-electron chi connectivity index (χ4n) is 2.19. The molecule has 1 unspecified atom stereocenters. The Morgan fingerprint density at radius 1 is 1.25 bits per heavy atom. The number of rotatable bonds is 4. The van der Waals surface area contributed by atoms with E-state index in [1.807, 2.05) is 43.3 Å². The van der Waals surface area contributed by atoms with Gasteiger partial charge in [-0.2, -0.15) is 0 Å². The first kappa shape index (κ1) is 15.4. The van der Waals surface area contributed by atoms with Crippen molar-refractivity contribution in [3.8, 4) is 5.75 Å². The highest BCUT2D eigenvalue weighted by molar-refractivity contribution is 9.10. The van der Waals surface area contributed by atoms with Crippen molar-refractivity contribution < 1.29 is 4.74 Å². The summed E-state index contributed by atoms with van der Waals surface area (Å²) in [6.07, 6.45) is 0.672. The van der Waals surface area contributed by atoms with Crippen molar-refractivity contribution in [1.29, 1.82) is 0 Å². The summed E-state index contributed by atoms with van der Waals surface area (Å²) < 4.78 is 6.39. The van der Waals surface area contributed by atoms with Gasteiger partial charge in [-0.05, 0) is 54.3 Å². The van der Waals surface area contributed by atoms with Gasteiger partial charge in [0.15, 0.2) is 0 Å². The van der Waals surface area contributed by atoms with Crippen LogP contribution in [0.2, 0.25) is 5.02 Å². The van der Waals surface area contributed by atoms with E-state index >= 15 is 0 Å². The zero-order chi connectivity index (χ0) is 14.7. The molecule has 2 N–H and O–H groups in total. The lowest BCUT2D eigenvalue weighted by molar-refractivity contribution is 0.408. The second-order valence-corrected chi connectivity index (χ2v) is 6.11. The number of benzene rings is 2. The second kappa shape index (κ2) is 6.61. The van der Waals surface area contributed by atoms with Crippen molar-refractivity contribution in [2.45, 2.75) is 19.4 Å². The molecule has 0 saturated carbocycles. The zero-order valence-corrected chi connectivity index (χ0v) is 13.8. The molecule has 0 saturated heterocycles. The van der Waals surface area contributed by atoms with Gasteiger partial charge >= 0.3 is 0 Å². The van der Waals surface area contributed by atoms with E-state index in [4.69, 9.17) is 22.1 Å². The summed E-state index contributed by atoms with van der Waals surface area (Å²) in [7, 11) is 1.66. The monoisotopic (exact) mass is 353 g/mol. The summed E-state index contributed by atoms with van der Waals surface area (Å²) in [5.41, 5.74) is 9.45. The molecule has 0 aliphatic heterocycles. The van der Waals surface area contributed by atoms with Crippen LogP contribution in [0, 0.1) is 6.92 Å². The van der Waals surface area contributed by atoms with Gasteiger partial charge in [0.25, 0.3) is 0 Å². The molecule has 4 heteroatoms. The minimum absolute atomic E-state index is 0.161. The lowest BCUT2D eigenvalue weighted by Gasteiger charge is -2.16. The first-order valence-corrected chi connectivity index (χ1v) is 7.52. The van der Waals surface area contributed by atoms with E-state index in [0.717, 1.165) is 26.9 Å². The van der Waals surface area contributed by atoms with Crippen molar-refractivity contribution in [2.24, 2.45) is 5.73 Å². The maximum absolute atomic E-state index is 6.30. The fraction of sp³-hybridized carbons (Fsp3) is 0.250. The summed E-state index contributed by atoms with van der Waals surface area (Å²) in [6.45, 7) is 2.01. The van der Waals surface area contributed by atoms with Crippen LogP contribution in [0.15, 0.2) is 40.9 Å². The van der Waals surface area contributed by atoms with E-state index in [2.05, 4.69) is 15.9 Å². The SMILES string of the molecule is COc1ccc(Br)cc1CC(N)c1ccc(C)cc1Cl. The van der Waals surface area contributed by atoms with Crippen molar-refractivity contribution >= 4 is 27.5 Å².